The fourth-order valence-electron chi connectivity index (χ4n) is 2.72. The number of hydrogen-bond donors (Lipinski definition) is 0. The minimum Gasteiger partial charge on any atom is -0.353 e. The SMILES string of the molecule is Cc1cnc(N2CCN(C(=O)c3ncc(Br)cn3)CC2)c(C)c1. The summed E-state index contributed by atoms with van der Waals surface area (Å²) in [5, 5.41) is 0. The van der Waals surface area contributed by atoms with Crippen molar-refractivity contribution < 1.29 is 4.79 Å². The lowest BCUT2D eigenvalue weighted by Crippen LogP contribution is -2.49. The Balaban J connectivity index is 1.66. The molecule has 0 aromatic carbocycles. The standard InChI is InChI=1S/C16H18BrN5O/c1-11-7-12(2)15(20-8-11)21-3-5-22(6-4-21)16(23)14-18-9-13(17)10-19-14/h7-10H,3-6H2,1-2H3. The minimum atomic E-state index is -0.120. The van der Waals surface area contributed by atoms with E-state index < -0.39 is 0 Å². The van der Waals surface area contributed by atoms with Gasteiger partial charge >= 0.3 is 0 Å². The van der Waals surface area contributed by atoms with Crippen LogP contribution in [0.4, 0.5) is 5.82 Å². The first kappa shape index (κ1) is 15.9. The summed E-state index contributed by atoms with van der Waals surface area (Å²) in [6, 6.07) is 2.13. The Hall–Kier alpha value is -2.02. The highest BCUT2D eigenvalue weighted by Gasteiger charge is 2.25. The second-order valence-electron chi connectivity index (χ2n) is 5.66. The number of aryl methyl sites for hydroxylation is 2. The molecule has 0 aliphatic carbocycles. The fourth-order valence-corrected chi connectivity index (χ4v) is 2.93. The van der Waals surface area contributed by atoms with Gasteiger partial charge in [-0.15, -0.1) is 0 Å². The van der Waals surface area contributed by atoms with Gasteiger partial charge in [0, 0.05) is 44.8 Å². The molecule has 0 radical (unpaired) electrons. The highest BCUT2D eigenvalue weighted by molar-refractivity contribution is 9.10. The second-order valence-corrected chi connectivity index (χ2v) is 6.57. The lowest BCUT2D eigenvalue weighted by Gasteiger charge is -2.35. The zero-order valence-electron chi connectivity index (χ0n) is 13.2. The van der Waals surface area contributed by atoms with E-state index in [2.05, 4.69) is 48.8 Å². The van der Waals surface area contributed by atoms with Gasteiger partial charge in [-0.2, -0.15) is 0 Å². The number of aromatic nitrogens is 3. The molecular formula is C16H18BrN5O. The summed E-state index contributed by atoms with van der Waals surface area (Å²) in [5.74, 6) is 1.12. The molecule has 120 valence electrons. The van der Waals surface area contributed by atoms with Crippen molar-refractivity contribution in [2.75, 3.05) is 31.1 Å². The molecule has 2 aromatic rings. The van der Waals surface area contributed by atoms with Crippen molar-refractivity contribution in [1.29, 1.82) is 0 Å². The van der Waals surface area contributed by atoms with Gasteiger partial charge in [-0.05, 0) is 40.9 Å². The van der Waals surface area contributed by atoms with E-state index in [1.54, 1.807) is 17.3 Å². The van der Waals surface area contributed by atoms with Gasteiger partial charge in [0.2, 0.25) is 5.82 Å². The summed E-state index contributed by atoms with van der Waals surface area (Å²) in [6.07, 6.45) is 5.07. The molecule has 7 heteroatoms. The predicted molar refractivity (Wildman–Crippen MR) is 91.6 cm³/mol. The van der Waals surface area contributed by atoms with Gasteiger partial charge in [0.1, 0.15) is 5.82 Å². The molecule has 1 fully saturated rings. The van der Waals surface area contributed by atoms with E-state index >= 15 is 0 Å². The Labute approximate surface area is 143 Å². The summed E-state index contributed by atoms with van der Waals surface area (Å²) >= 11 is 3.27. The molecule has 1 amide bonds. The summed E-state index contributed by atoms with van der Waals surface area (Å²) in [7, 11) is 0. The molecule has 0 spiro atoms. The number of anilines is 1. The van der Waals surface area contributed by atoms with E-state index in [9.17, 15) is 4.79 Å². The zero-order chi connectivity index (χ0) is 16.4. The van der Waals surface area contributed by atoms with Crippen LogP contribution in [-0.4, -0.2) is 51.9 Å². The largest absolute Gasteiger partial charge is 0.353 e. The van der Waals surface area contributed by atoms with Crippen molar-refractivity contribution >= 4 is 27.7 Å². The van der Waals surface area contributed by atoms with Crippen LogP contribution in [-0.2, 0) is 0 Å². The Morgan fingerprint density at radius 2 is 1.70 bits per heavy atom. The minimum absolute atomic E-state index is 0.120. The van der Waals surface area contributed by atoms with Gasteiger partial charge in [0.05, 0.1) is 4.47 Å². The molecule has 1 aliphatic rings. The number of piperazine rings is 1. The van der Waals surface area contributed by atoms with Gasteiger partial charge in [0.15, 0.2) is 0 Å². The molecule has 6 nitrogen and oxygen atoms in total. The van der Waals surface area contributed by atoms with Crippen LogP contribution in [0.2, 0.25) is 0 Å². The second kappa shape index (κ2) is 6.62. The van der Waals surface area contributed by atoms with E-state index in [1.165, 1.54) is 5.56 Å². The van der Waals surface area contributed by atoms with E-state index in [0.717, 1.165) is 28.9 Å². The molecule has 2 aromatic heterocycles. The molecule has 0 saturated carbocycles. The van der Waals surface area contributed by atoms with E-state index in [0.29, 0.717) is 13.1 Å². The van der Waals surface area contributed by atoms with Gasteiger partial charge in [-0.25, -0.2) is 15.0 Å². The van der Waals surface area contributed by atoms with Crippen molar-refractivity contribution in [3.63, 3.8) is 0 Å². The van der Waals surface area contributed by atoms with Gasteiger partial charge in [0.25, 0.3) is 5.91 Å². The number of rotatable bonds is 2. The molecule has 0 atom stereocenters. The van der Waals surface area contributed by atoms with Crippen LogP contribution >= 0.6 is 15.9 Å². The number of halogens is 1. The zero-order valence-corrected chi connectivity index (χ0v) is 14.7. The first-order chi connectivity index (χ1) is 11.0. The van der Waals surface area contributed by atoms with Gasteiger partial charge < -0.3 is 9.80 Å². The van der Waals surface area contributed by atoms with Crippen LogP contribution in [0.5, 0.6) is 0 Å². The van der Waals surface area contributed by atoms with Crippen LogP contribution in [0.3, 0.4) is 0 Å². The lowest BCUT2D eigenvalue weighted by atomic mass is 10.2. The molecule has 3 rings (SSSR count). The maximum atomic E-state index is 12.4. The lowest BCUT2D eigenvalue weighted by molar-refractivity contribution is 0.0734. The topological polar surface area (TPSA) is 62.2 Å². The van der Waals surface area contributed by atoms with Gasteiger partial charge in [-0.1, -0.05) is 6.07 Å². The third-order valence-electron chi connectivity index (χ3n) is 3.87. The first-order valence-corrected chi connectivity index (χ1v) is 8.29. The Morgan fingerprint density at radius 3 is 2.30 bits per heavy atom. The summed E-state index contributed by atoms with van der Waals surface area (Å²) < 4.78 is 0.764. The highest BCUT2D eigenvalue weighted by Crippen LogP contribution is 2.19. The van der Waals surface area contributed by atoms with Crippen LogP contribution in [0.15, 0.2) is 29.1 Å². The highest BCUT2D eigenvalue weighted by atomic mass is 79.9. The monoisotopic (exact) mass is 375 g/mol. The smallest absolute Gasteiger partial charge is 0.291 e. The molecule has 0 bridgehead atoms. The maximum Gasteiger partial charge on any atom is 0.291 e. The Bertz CT molecular complexity index is 711. The van der Waals surface area contributed by atoms with Crippen molar-refractivity contribution in [1.82, 2.24) is 19.9 Å². The normalized spacial score (nSPS) is 14.9. The van der Waals surface area contributed by atoms with Crippen LogP contribution < -0.4 is 4.90 Å². The number of carbonyl (C=O) groups excluding carboxylic acids is 1. The average molecular weight is 376 g/mol. The Kier molecular flexibility index (Phi) is 4.56. The summed E-state index contributed by atoms with van der Waals surface area (Å²) in [6.45, 7) is 6.93. The number of pyridine rings is 1. The van der Waals surface area contributed by atoms with Gasteiger partial charge in [-0.3, -0.25) is 4.79 Å². The number of nitrogens with zero attached hydrogens (tertiary/aromatic N) is 5. The fraction of sp³-hybridized carbons (Fsp3) is 0.375. The molecule has 3 heterocycles. The van der Waals surface area contributed by atoms with E-state index in [1.807, 2.05) is 13.1 Å². The molecule has 1 saturated heterocycles. The van der Waals surface area contributed by atoms with E-state index in [-0.39, 0.29) is 11.7 Å². The molecule has 0 unspecified atom stereocenters. The summed E-state index contributed by atoms with van der Waals surface area (Å²) in [5.41, 5.74) is 2.33. The van der Waals surface area contributed by atoms with Crippen molar-refractivity contribution in [2.45, 2.75) is 13.8 Å². The van der Waals surface area contributed by atoms with Crippen LogP contribution in [0, 0.1) is 13.8 Å². The molecule has 1 aliphatic heterocycles. The quantitative estimate of drug-likeness (QED) is 0.804. The predicted octanol–water partition coefficient (Wildman–Crippen LogP) is 2.21. The maximum absolute atomic E-state index is 12.4. The summed E-state index contributed by atoms with van der Waals surface area (Å²) in [4.78, 5) is 29.1. The van der Waals surface area contributed by atoms with Crippen LogP contribution in [0.25, 0.3) is 0 Å². The van der Waals surface area contributed by atoms with E-state index in [4.69, 9.17) is 0 Å². The third-order valence-corrected chi connectivity index (χ3v) is 4.27. The number of amides is 1. The molecular weight excluding hydrogens is 358 g/mol. The van der Waals surface area contributed by atoms with Crippen molar-refractivity contribution in [2.24, 2.45) is 0 Å². The third kappa shape index (κ3) is 3.50. The Morgan fingerprint density at radius 1 is 1.04 bits per heavy atom. The van der Waals surface area contributed by atoms with Crippen molar-refractivity contribution in [3.8, 4) is 0 Å². The first-order valence-electron chi connectivity index (χ1n) is 7.49. The molecule has 23 heavy (non-hydrogen) atoms. The van der Waals surface area contributed by atoms with Crippen molar-refractivity contribution in [3.05, 3.63) is 46.1 Å². The molecule has 0 N–H and O–H groups in total. The average Bonchev–Trinajstić information content (AvgIpc) is 2.55. The number of hydrogen-bond acceptors (Lipinski definition) is 5. The number of carbonyl (C=O) groups is 1. The van der Waals surface area contributed by atoms with Crippen LogP contribution in [0.1, 0.15) is 21.7 Å².